The fourth-order valence-electron chi connectivity index (χ4n) is 2.40. The van der Waals surface area contributed by atoms with Gasteiger partial charge in [0.25, 0.3) is 0 Å². The smallest absolute Gasteiger partial charge is 0.233 e. The lowest BCUT2D eigenvalue weighted by atomic mass is 9.94. The van der Waals surface area contributed by atoms with Crippen LogP contribution in [0.25, 0.3) is 0 Å². The molecule has 3 nitrogen and oxygen atoms in total. The summed E-state index contributed by atoms with van der Waals surface area (Å²) < 4.78 is 0. The second-order valence-corrected chi connectivity index (χ2v) is 5.32. The zero-order valence-electron chi connectivity index (χ0n) is 11.1. The maximum atomic E-state index is 12.5. The molecule has 1 aliphatic carbocycles. The fourth-order valence-corrected chi connectivity index (χ4v) is 2.40. The number of hydrogen-bond donors (Lipinski definition) is 1. The number of amides is 1. The monoisotopic (exact) mass is 244 g/mol. The van der Waals surface area contributed by atoms with Crippen LogP contribution in [-0.2, 0) is 10.2 Å². The largest absolute Gasteiger partial charge is 0.399 e. The Labute approximate surface area is 108 Å². The minimum Gasteiger partial charge on any atom is -0.399 e. The van der Waals surface area contributed by atoms with Gasteiger partial charge in [-0.15, -0.1) is 0 Å². The van der Waals surface area contributed by atoms with Crippen LogP contribution in [0, 0.1) is 0 Å². The van der Waals surface area contributed by atoms with Crippen molar-refractivity contribution >= 4 is 11.6 Å². The van der Waals surface area contributed by atoms with E-state index < -0.39 is 0 Å². The van der Waals surface area contributed by atoms with Crippen LogP contribution in [0.4, 0.5) is 5.69 Å². The Balaban J connectivity index is 2.19. The standard InChI is InChI=1S/C15H20N2O/c1-11(2)10-17(3)14(18)15(8-9-15)12-4-6-13(16)7-5-12/h4-7H,1,8-10,16H2,2-3H3. The van der Waals surface area contributed by atoms with Gasteiger partial charge in [-0.25, -0.2) is 0 Å². The summed E-state index contributed by atoms with van der Waals surface area (Å²) in [4.78, 5) is 14.3. The van der Waals surface area contributed by atoms with E-state index in [1.807, 2.05) is 38.2 Å². The number of hydrogen-bond acceptors (Lipinski definition) is 2. The third-order valence-electron chi connectivity index (χ3n) is 3.48. The molecule has 1 fully saturated rings. The first kappa shape index (κ1) is 12.7. The molecular weight excluding hydrogens is 224 g/mol. The molecule has 0 aliphatic heterocycles. The second-order valence-electron chi connectivity index (χ2n) is 5.32. The number of likely N-dealkylation sites (N-methyl/N-ethyl adjacent to an activating group) is 1. The molecule has 0 radical (unpaired) electrons. The van der Waals surface area contributed by atoms with Crippen molar-refractivity contribution < 1.29 is 4.79 Å². The summed E-state index contributed by atoms with van der Waals surface area (Å²) in [5.41, 5.74) is 8.19. The van der Waals surface area contributed by atoms with E-state index in [2.05, 4.69) is 6.58 Å². The van der Waals surface area contributed by atoms with Crippen molar-refractivity contribution in [1.29, 1.82) is 0 Å². The molecule has 1 aromatic rings. The van der Waals surface area contributed by atoms with Crippen molar-refractivity contribution in [2.24, 2.45) is 0 Å². The highest BCUT2D eigenvalue weighted by molar-refractivity contribution is 5.91. The van der Waals surface area contributed by atoms with Crippen LogP contribution >= 0.6 is 0 Å². The average molecular weight is 244 g/mol. The van der Waals surface area contributed by atoms with E-state index in [-0.39, 0.29) is 11.3 Å². The Kier molecular flexibility index (Phi) is 3.16. The molecule has 18 heavy (non-hydrogen) atoms. The number of benzene rings is 1. The molecule has 2 rings (SSSR count). The molecule has 0 heterocycles. The van der Waals surface area contributed by atoms with Crippen LogP contribution in [0.1, 0.15) is 25.3 Å². The molecule has 2 N–H and O–H groups in total. The molecule has 96 valence electrons. The zero-order valence-corrected chi connectivity index (χ0v) is 11.1. The maximum absolute atomic E-state index is 12.5. The molecule has 0 bridgehead atoms. The lowest BCUT2D eigenvalue weighted by molar-refractivity contribution is -0.132. The van der Waals surface area contributed by atoms with Crippen molar-refractivity contribution in [1.82, 2.24) is 4.90 Å². The van der Waals surface area contributed by atoms with Gasteiger partial charge in [0.2, 0.25) is 5.91 Å². The molecule has 0 aromatic heterocycles. The average Bonchev–Trinajstić information content (AvgIpc) is 3.09. The molecule has 0 unspecified atom stereocenters. The molecule has 1 aromatic carbocycles. The first-order valence-electron chi connectivity index (χ1n) is 6.22. The molecule has 0 spiro atoms. The SMILES string of the molecule is C=C(C)CN(C)C(=O)C1(c2ccc(N)cc2)CC1. The summed E-state index contributed by atoms with van der Waals surface area (Å²) in [6, 6.07) is 7.66. The van der Waals surface area contributed by atoms with Crippen molar-refractivity contribution in [3.8, 4) is 0 Å². The van der Waals surface area contributed by atoms with Gasteiger partial charge in [-0.3, -0.25) is 4.79 Å². The fraction of sp³-hybridized carbons (Fsp3) is 0.400. The van der Waals surface area contributed by atoms with E-state index >= 15 is 0 Å². The summed E-state index contributed by atoms with van der Waals surface area (Å²) in [6.45, 7) is 6.41. The van der Waals surface area contributed by atoms with Gasteiger partial charge in [0, 0.05) is 19.3 Å². The molecule has 1 amide bonds. The van der Waals surface area contributed by atoms with Gasteiger partial charge in [-0.1, -0.05) is 24.3 Å². The number of carbonyl (C=O) groups excluding carboxylic acids is 1. The lowest BCUT2D eigenvalue weighted by Crippen LogP contribution is -2.37. The molecule has 3 heteroatoms. The van der Waals surface area contributed by atoms with Gasteiger partial charge in [0.1, 0.15) is 0 Å². The summed E-state index contributed by atoms with van der Waals surface area (Å²) in [5.74, 6) is 0.190. The number of carbonyl (C=O) groups is 1. The Bertz CT molecular complexity index is 472. The second kappa shape index (κ2) is 4.48. The number of nitrogen functional groups attached to an aromatic ring is 1. The third-order valence-corrected chi connectivity index (χ3v) is 3.48. The van der Waals surface area contributed by atoms with Gasteiger partial charge >= 0.3 is 0 Å². The van der Waals surface area contributed by atoms with Gasteiger partial charge < -0.3 is 10.6 Å². The topological polar surface area (TPSA) is 46.3 Å². The molecule has 1 saturated carbocycles. The van der Waals surface area contributed by atoms with Crippen LogP contribution in [0.5, 0.6) is 0 Å². The highest BCUT2D eigenvalue weighted by Gasteiger charge is 2.52. The first-order valence-corrected chi connectivity index (χ1v) is 6.22. The number of nitrogens with two attached hydrogens (primary N) is 1. The van der Waals surface area contributed by atoms with Crippen LogP contribution in [-0.4, -0.2) is 24.4 Å². The number of anilines is 1. The van der Waals surface area contributed by atoms with Crippen molar-refractivity contribution in [2.45, 2.75) is 25.2 Å². The Morgan fingerprint density at radius 3 is 2.39 bits per heavy atom. The van der Waals surface area contributed by atoms with E-state index in [1.54, 1.807) is 4.90 Å². The molecule has 0 saturated heterocycles. The van der Waals surface area contributed by atoms with Crippen LogP contribution in [0.3, 0.4) is 0 Å². The molecular formula is C15H20N2O. The van der Waals surface area contributed by atoms with Gasteiger partial charge in [-0.05, 0) is 37.5 Å². The first-order chi connectivity index (χ1) is 8.45. The quantitative estimate of drug-likeness (QED) is 0.652. The van der Waals surface area contributed by atoms with Crippen LogP contribution in [0.15, 0.2) is 36.4 Å². The number of rotatable bonds is 4. The van der Waals surface area contributed by atoms with Crippen LogP contribution < -0.4 is 5.73 Å². The van der Waals surface area contributed by atoms with Gasteiger partial charge in [-0.2, -0.15) is 0 Å². The predicted molar refractivity (Wildman–Crippen MR) is 74.2 cm³/mol. The minimum atomic E-state index is -0.308. The van der Waals surface area contributed by atoms with Crippen molar-refractivity contribution in [2.75, 3.05) is 19.3 Å². The van der Waals surface area contributed by atoms with E-state index in [1.165, 1.54) is 0 Å². The van der Waals surface area contributed by atoms with E-state index in [4.69, 9.17) is 5.73 Å². The Morgan fingerprint density at radius 1 is 1.39 bits per heavy atom. The molecule has 1 aliphatic rings. The summed E-state index contributed by atoms with van der Waals surface area (Å²) in [7, 11) is 1.84. The highest BCUT2D eigenvalue weighted by atomic mass is 16.2. The Hall–Kier alpha value is -1.77. The summed E-state index contributed by atoms with van der Waals surface area (Å²) in [5, 5.41) is 0. The zero-order chi connectivity index (χ0) is 13.3. The molecule has 0 atom stereocenters. The number of nitrogens with zero attached hydrogens (tertiary/aromatic N) is 1. The summed E-state index contributed by atoms with van der Waals surface area (Å²) >= 11 is 0. The predicted octanol–water partition coefficient (Wildman–Crippen LogP) is 2.33. The van der Waals surface area contributed by atoms with Crippen molar-refractivity contribution in [3.05, 3.63) is 42.0 Å². The van der Waals surface area contributed by atoms with Crippen molar-refractivity contribution in [3.63, 3.8) is 0 Å². The van der Waals surface area contributed by atoms with E-state index in [0.717, 1.165) is 29.7 Å². The Morgan fingerprint density at radius 2 is 1.94 bits per heavy atom. The summed E-state index contributed by atoms with van der Waals surface area (Å²) in [6.07, 6.45) is 1.85. The highest BCUT2D eigenvalue weighted by Crippen LogP contribution is 2.49. The van der Waals surface area contributed by atoms with E-state index in [9.17, 15) is 4.79 Å². The normalized spacial score (nSPS) is 16.1. The van der Waals surface area contributed by atoms with Gasteiger partial charge in [0.05, 0.1) is 5.41 Å². The maximum Gasteiger partial charge on any atom is 0.233 e. The minimum absolute atomic E-state index is 0.190. The van der Waals surface area contributed by atoms with Gasteiger partial charge in [0.15, 0.2) is 0 Å². The lowest BCUT2D eigenvalue weighted by Gasteiger charge is -2.24. The van der Waals surface area contributed by atoms with E-state index in [0.29, 0.717) is 6.54 Å². The van der Waals surface area contributed by atoms with Crippen LogP contribution in [0.2, 0.25) is 0 Å². The third kappa shape index (κ3) is 2.26.